The first-order chi connectivity index (χ1) is 12.1. The molecule has 0 saturated carbocycles. The number of aromatic amines is 1. The van der Waals surface area contributed by atoms with Crippen molar-refractivity contribution in [2.24, 2.45) is 0 Å². The summed E-state index contributed by atoms with van der Waals surface area (Å²) in [5.41, 5.74) is 0.884. The topological polar surface area (TPSA) is 84.3 Å². The highest BCUT2D eigenvalue weighted by Gasteiger charge is 2.35. The van der Waals surface area contributed by atoms with Crippen molar-refractivity contribution >= 4 is 11.8 Å². The minimum absolute atomic E-state index is 0.331. The minimum atomic E-state index is -0.628. The number of aliphatic hydroxyl groups is 1. The summed E-state index contributed by atoms with van der Waals surface area (Å²) < 4.78 is 7.27. The third kappa shape index (κ3) is 4.23. The molecule has 1 aliphatic rings. The number of thioether (sulfide) groups is 1. The molecule has 0 bridgehead atoms. The van der Waals surface area contributed by atoms with Crippen LogP contribution in [0.1, 0.15) is 30.7 Å². The molecule has 2 heterocycles. The van der Waals surface area contributed by atoms with Crippen LogP contribution in [0.3, 0.4) is 0 Å². The molecule has 134 valence electrons. The fraction of sp³-hybridized carbons (Fsp3) is 0.444. The van der Waals surface area contributed by atoms with Crippen LogP contribution in [0, 0.1) is 0 Å². The second kappa shape index (κ2) is 8.03. The minimum Gasteiger partial charge on any atom is -0.390 e. The molecule has 6 nitrogen and oxygen atoms in total. The molecular weight excluding hydrogens is 340 g/mol. The summed E-state index contributed by atoms with van der Waals surface area (Å²) in [7, 11) is 0. The largest absolute Gasteiger partial charge is 0.390 e. The molecule has 25 heavy (non-hydrogen) atoms. The number of aliphatic hydroxyl groups excluding tert-OH is 1. The molecule has 1 fully saturated rings. The Morgan fingerprint density at radius 1 is 1.32 bits per heavy atom. The van der Waals surface area contributed by atoms with E-state index in [4.69, 9.17) is 4.74 Å². The lowest BCUT2D eigenvalue weighted by molar-refractivity contribution is -0.00767. The first-order valence-corrected chi connectivity index (χ1v) is 9.53. The molecule has 3 rings (SSSR count). The van der Waals surface area contributed by atoms with Crippen LogP contribution < -0.4 is 11.2 Å². The Kier molecular flexibility index (Phi) is 5.78. The van der Waals surface area contributed by atoms with Crippen LogP contribution in [0.4, 0.5) is 0 Å². The van der Waals surface area contributed by atoms with Gasteiger partial charge >= 0.3 is 5.69 Å². The van der Waals surface area contributed by atoms with E-state index in [1.165, 1.54) is 16.3 Å². The quantitative estimate of drug-likeness (QED) is 0.817. The molecule has 2 aromatic rings. The molecule has 0 radical (unpaired) electrons. The predicted molar refractivity (Wildman–Crippen MR) is 97.8 cm³/mol. The molecule has 0 amide bonds. The van der Waals surface area contributed by atoms with E-state index < -0.39 is 18.0 Å². The van der Waals surface area contributed by atoms with E-state index in [1.54, 1.807) is 11.8 Å². The first-order valence-electron chi connectivity index (χ1n) is 8.38. The standard InChI is InChI=1S/C18H22N2O4S/c1-2-13-9-20(18(23)19-17(13)22)16-8-14(21)15(24-16)11-25-10-12-6-4-3-5-7-12/h3-7,9,14-16,21H,2,8,10-11H2,1H3,(H,19,22,23)/t14-,15+,16+/m0/s1. The van der Waals surface area contributed by atoms with Crippen molar-refractivity contribution in [3.63, 3.8) is 0 Å². The zero-order valence-corrected chi connectivity index (χ0v) is 14.9. The highest BCUT2D eigenvalue weighted by Crippen LogP contribution is 2.30. The second-order valence-electron chi connectivity index (χ2n) is 6.11. The Hall–Kier alpha value is -1.83. The number of ether oxygens (including phenoxy) is 1. The van der Waals surface area contributed by atoms with Crippen LogP contribution in [-0.2, 0) is 16.9 Å². The van der Waals surface area contributed by atoms with Crippen LogP contribution in [0.15, 0.2) is 46.1 Å². The van der Waals surface area contributed by atoms with Gasteiger partial charge in [0.2, 0.25) is 0 Å². The van der Waals surface area contributed by atoms with E-state index in [9.17, 15) is 14.7 Å². The molecular formula is C18H22N2O4S. The van der Waals surface area contributed by atoms with Crippen molar-refractivity contribution in [1.82, 2.24) is 9.55 Å². The van der Waals surface area contributed by atoms with Gasteiger partial charge in [-0.15, -0.1) is 0 Å². The fourth-order valence-corrected chi connectivity index (χ4v) is 3.97. The van der Waals surface area contributed by atoms with E-state index in [0.29, 0.717) is 24.2 Å². The number of rotatable bonds is 6. The number of benzene rings is 1. The lowest BCUT2D eigenvalue weighted by Crippen LogP contribution is -2.34. The van der Waals surface area contributed by atoms with Crippen LogP contribution in [-0.4, -0.2) is 32.6 Å². The second-order valence-corrected chi connectivity index (χ2v) is 7.14. The number of hydrogen-bond donors (Lipinski definition) is 2. The third-order valence-electron chi connectivity index (χ3n) is 4.33. The molecule has 3 atom stereocenters. The number of hydrogen-bond acceptors (Lipinski definition) is 5. The number of aromatic nitrogens is 2. The van der Waals surface area contributed by atoms with Crippen molar-refractivity contribution in [2.75, 3.05) is 5.75 Å². The average molecular weight is 362 g/mol. The summed E-state index contributed by atoms with van der Waals surface area (Å²) >= 11 is 1.69. The van der Waals surface area contributed by atoms with Crippen LogP contribution >= 0.6 is 11.8 Å². The van der Waals surface area contributed by atoms with Gasteiger partial charge in [-0.2, -0.15) is 11.8 Å². The highest BCUT2D eigenvalue weighted by molar-refractivity contribution is 7.98. The third-order valence-corrected chi connectivity index (χ3v) is 5.43. The van der Waals surface area contributed by atoms with Crippen molar-refractivity contribution in [3.8, 4) is 0 Å². The summed E-state index contributed by atoms with van der Waals surface area (Å²) in [4.78, 5) is 26.0. The molecule has 1 aromatic carbocycles. The van der Waals surface area contributed by atoms with E-state index in [1.807, 2.05) is 25.1 Å². The highest BCUT2D eigenvalue weighted by atomic mass is 32.2. The SMILES string of the molecule is CCc1cn([C@H]2C[C@H](O)[C@@H](CSCc3ccccc3)O2)c(=O)[nH]c1=O. The molecule has 1 aliphatic heterocycles. The molecule has 7 heteroatoms. The lowest BCUT2D eigenvalue weighted by Gasteiger charge is -2.16. The van der Waals surface area contributed by atoms with Gasteiger partial charge in [-0.1, -0.05) is 37.3 Å². The summed E-state index contributed by atoms with van der Waals surface area (Å²) in [5.74, 6) is 1.49. The Balaban J connectivity index is 1.63. The van der Waals surface area contributed by atoms with Crippen molar-refractivity contribution < 1.29 is 9.84 Å². The van der Waals surface area contributed by atoms with Crippen LogP contribution in [0.5, 0.6) is 0 Å². The Morgan fingerprint density at radius 2 is 2.08 bits per heavy atom. The smallest absolute Gasteiger partial charge is 0.330 e. The van der Waals surface area contributed by atoms with Gasteiger partial charge in [-0.05, 0) is 12.0 Å². The molecule has 0 aliphatic carbocycles. The predicted octanol–water partition coefficient (Wildman–Crippen LogP) is 1.68. The van der Waals surface area contributed by atoms with E-state index in [2.05, 4.69) is 17.1 Å². The van der Waals surface area contributed by atoms with Crippen LogP contribution in [0.25, 0.3) is 0 Å². The molecule has 1 saturated heterocycles. The maximum absolute atomic E-state index is 12.0. The normalized spacial score (nSPS) is 23.0. The number of H-pyrrole nitrogens is 1. The molecule has 0 spiro atoms. The van der Waals surface area contributed by atoms with Gasteiger partial charge in [0.25, 0.3) is 5.56 Å². The molecule has 1 aromatic heterocycles. The summed E-state index contributed by atoms with van der Waals surface area (Å²) in [6, 6.07) is 10.1. The van der Waals surface area contributed by atoms with Gasteiger partial charge in [-0.3, -0.25) is 14.3 Å². The van der Waals surface area contributed by atoms with Crippen molar-refractivity contribution in [3.05, 3.63) is 68.5 Å². The van der Waals surface area contributed by atoms with Gasteiger partial charge in [0.1, 0.15) is 6.23 Å². The summed E-state index contributed by atoms with van der Waals surface area (Å²) in [5, 5.41) is 10.3. The Bertz CT molecular complexity index is 818. The number of aryl methyl sites for hydroxylation is 1. The maximum Gasteiger partial charge on any atom is 0.330 e. The molecule has 2 N–H and O–H groups in total. The van der Waals surface area contributed by atoms with E-state index in [0.717, 1.165) is 5.75 Å². The van der Waals surface area contributed by atoms with E-state index in [-0.39, 0.29) is 11.7 Å². The summed E-state index contributed by atoms with van der Waals surface area (Å²) in [6.07, 6.45) is 0.900. The summed E-state index contributed by atoms with van der Waals surface area (Å²) in [6.45, 7) is 1.85. The lowest BCUT2D eigenvalue weighted by atomic mass is 10.2. The van der Waals surface area contributed by atoms with Gasteiger partial charge in [0.15, 0.2) is 0 Å². The number of nitrogens with zero attached hydrogens (tertiary/aromatic N) is 1. The zero-order valence-electron chi connectivity index (χ0n) is 14.1. The fourth-order valence-electron chi connectivity index (χ4n) is 2.90. The molecule has 0 unspecified atom stereocenters. The Labute approximate surface area is 149 Å². The van der Waals surface area contributed by atoms with Gasteiger partial charge in [0, 0.05) is 29.7 Å². The first kappa shape index (κ1) is 18.0. The van der Waals surface area contributed by atoms with Crippen molar-refractivity contribution in [2.45, 2.75) is 44.0 Å². The van der Waals surface area contributed by atoms with Crippen molar-refractivity contribution in [1.29, 1.82) is 0 Å². The zero-order chi connectivity index (χ0) is 17.8. The average Bonchev–Trinajstić information content (AvgIpc) is 2.97. The Morgan fingerprint density at radius 3 is 2.80 bits per heavy atom. The van der Waals surface area contributed by atoms with Gasteiger partial charge in [-0.25, -0.2) is 4.79 Å². The van der Waals surface area contributed by atoms with Gasteiger partial charge in [0.05, 0.1) is 12.2 Å². The van der Waals surface area contributed by atoms with E-state index >= 15 is 0 Å². The van der Waals surface area contributed by atoms with Crippen LogP contribution in [0.2, 0.25) is 0 Å². The maximum atomic E-state index is 12.0. The monoisotopic (exact) mass is 362 g/mol. The number of nitrogens with one attached hydrogen (secondary N) is 1. The van der Waals surface area contributed by atoms with Gasteiger partial charge < -0.3 is 9.84 Å².